The van der Waals surface area contributed by atoms with Crippen LogP contribution >= 0.6 is 23.1 Å². The van der Waals surface area contributed by atoms with Crippen molar-refractivity contribution >= 4 is 33.3 Å². The molecular weight excluding hydrogens is 376 g/mol. The van der Waals surface area contributed by atoms with Gasteiger partial charge in [-0.2, -0.15) is 0 Å². The van der Waals surface area contributed by atoms with Crippen molar-refractivity contribution in [1.29, 1.82) is 0 Å². The van der Waals surface area contributed by atoms with Crippen molar-refractivity contribution < 1.29 is 4.74 Å². The monoisotopic (exact) mass is 394 g/mol. The van der Waals surface area contributed by atoms with Crippen LogP contribution in [0.2, 0.25) is 0 Å². The van der Waals surface area contributed by atoms with Crippen LogP contribution in [0.15, 0.2) is 76.0 Å². The summed E-state index contributed by atoms with van der Waals surface area (Å²) in [6.45, 7) is 0.640. The Labute approximate surface area is 165 Å². The van der Waals surface area contributed by atoms with Gasteiger partial charge < -0.3 is 9.72 Å². The first kappa shape index (κ1) is 17.8. The van der Waals surface area contributed by atoms with Gasteiger partial charge in [0.1, 0.15) is 10.6 Å². The van der Waals surface area contributed by atoms with E-state index in [0.29, 0.717) is 17.1 Å². The molecule has 2 aromatic heterocycles. The molecular formula is C21H18N2O2S2. The molecule has 0 spiro atoms. The summed E-state index contributed by atoms with van der Waals surface area (Å²) in [4.78, 5) is 20.9. The van der Waals surface area contributed by atoms with E-state index in [0.717, 1.165) is 33.9 Å². The van der Waals surface area contributed by atoms with Crippen LogP contribution in [0.1, 0.15) is 6.42 Å². The minimum absolute atomic E-state index is 0.0804. The number of hydrogen-bond donors (Lipinski definition) is 1. The Bertz CT molecular complexity index is 1080. The number of nitrogens with zero attached hydrogens (tertiary/aromatic N) is 1. The van der Waals surface area contributed by atoms with Gasteiger partial charge in [0, 0.05) is 16.7 Å². The van der Waals surface area contributed by atoms with E-state index < -0.39 is 0 Å². The lowest BCUT2D eigenvalue weighted by molar-refractivity contribution is 0.318. The molecule has 0 amide bonds. The molecule has 4 aromatic rings. The van der Waals surface area contributed by atoms with E-state index >= 15 is 0 Å². The molecule has 0 saturated carbocycles. The summed E-state index contributed by atoms with van der Waals surface area (Å²) in [5, 5.41) is 3.33. The highest BCUT2D eigenvalue weighted by Gasteiger charge is 2.12. The van der Waals surface area contributed by atoms with Gasteiger partial charge in [-0.15, -0.1) is 11.3 Å². The number of benzene rings is 2. The first-order valence-corrected chi connectivity index (χ1v) is 10.6. The van der Waals surface area contributed by atoms with Gasteiger partial charge in [0.2, 0.25) is 0 Å². The van der Waals surface area contributed by atoms with Crippen molar-refractivity contribution in [2.24, 2.45) is 0 Å². The lowest BCUT2D eigenvalue weighted by atomic mass is 10.1. The number of ether oxygens (including phenoxy) is 1. The molecule has 27 heavy (non-hydrogen) atoms. The lowest BCUT2D eigenvalue weighted by Gasteiger charge is -2.05. The molecule has 0 atom stereocenters. The van der Waals surface area contributed by atoms with Crippen LogP contribution in [-0.4, -0.2) is 22.3 Å². The third-order valence-corrected chi connectivity index (χ3v) is 5.88. The number of fused-ring (bicyclic) bond motifs is 1. The Morgan fingerprint density at radius 1 is 1.04 bits per heavy atom. The standard InChI is InChI=1S/C21H18N2O2S2/c24-19-18-17(15-8-3-1-4-9-15)14-27-20(18)23-21(22-19)26-13-7-12-25-16-10-5-2-6-11-16/h1-6,8-11,14H,7,12-13H2,(H,22,23,24). The van der Waals surface area contributed by atoms with Crippen LogP contribution in [-0.2, 0) is 0 Å². The molecule has 4 nitrogen and oxygen atoms in total. The summed E-state index contributed by atoms with van der Waals surface area (Å²) in [6.07, 6.45) is 0.876. The maximum Gasteiger partial charge on any atom is 0.260 e. The molecule has 0 unspecified atom stereocenters. The predicted octanol–water partition coefficient (Wildman–Crippen LogP) is 5.21. The van der Waals surface area contributed by atoms with Crippen LogP contribution in [0, 0.1) is 0 Å². The van der Waals surface area contributed by atoms with E-state index in [4.69, 9.17) is 4.74 Å². The number of thiophene rings is 1. The van der Waals surface area contributed by atoms with Crippen molar-refractivity contribution in [2.45, 2.75) is 11.6 Å². The number of H-pyrrole nitrogens is 1. The number of rotatable bonds is 7. The summed E-state index contributed by atoms with van der Waals surface area (Å²) in [7, 11) is 0. The zero-order valence-electron chi connectivity index (χ0n) is 14.6. The molecule has 0 aliphatic heterocycles. The summed E-state index contributed by atoms with van der Waals surface area (Å²) in [5.41, 5.74) is 1.90. The molecule has 1 N–H and O–H groups in total. The van der Waals surface area contributed by atoms with Gasteiger partial charge in [0.25, 0.3) is 5.56 Å². The van der Waals surface area contributed by atoms with E-state index in [1.165, 1.54) is 11.3 Å². The van der Waals surface area contributed by atoms with Crippen LogP contribution in [0.25, 0.3) is 21.3 Å². The molecule has 2 heterocycles. The Balaban J connectivity index is 1.41. The average molecular weight is 395 g/mol. The highest BCUT2D eigenvalue weighted by atomic mass is 32.2. The van der Waals surface area contributed by atoms with E-state index in [1.54, 1.807) is 11.8 Å². The summed E-state index contributed by atoms with van der Waals surface area (Å²) in [6, 6.07) is 19.7. The van der Waals surface area contributed by atoms with Crippen molar-refractivity contribution in [3.8, 4) is 16.9 Å². The summed E-state index contributed by atoms with van der Waals surface area (Å²) < 4.78 is 5.69. The summed E-state index contributed by atoms with van der Waals surface area (Å²) >= 11 is 3.06. The summed E-state index contributed by atoms with van der Waals surface area (Å²) in [5.74, 6) is 1.71. The van der Waals surface area contributed by atoms with Gasteiger partial charge in [-0.3, -0.25) is 4.79 Å². The predicted molar refractivity (Wildman–Crippen MR) is 113 cm³/mol. The van der Waals surface area contributed by atoms with Crippen LogP contribution in [0.3, 0.4) is 0 Å². The topological polar surface area (TPSA) is 55.0 Å². The van der Waals surface area contributed by atoms with Gasteiger partial charge in [-0.25, -0.2) is 4.98 Å². The third-order valence-electron chi connectivity index (χ3n) is 4.05. The van der Waals surface area contributed by atoms with Gasteiger partial charge >= 0.3 is 0 Å². The fourth-order valence-corrected chi connectivity index (χ4v) is 4.54. The Morgan fingerprint density at radius 3 is 2.56 bits per heavy atom. The second-order valence-corrected chi connectivity index (χ2v) is 7.87. The normalized spacial score (nSPS) is 11.0. The zero-order valence-corrected chi connectivity index (χ0v) is 16.2. The second-order valence-electron chi connectivity index (χ2n) is 5.93. The first-order chi connectivity index (χ1) is 13.3. The number of thioether (sulfide) groups is 1. The highest BCUT2D eigenvalue weighted by molar-refractivity contribution is 7.99. The van der Waals surface area contributed by atoms with Crippen LogP contribution in [0.5, 0.6) is 5.75 Å². The molecule has 0 bridgehead atoms. The molecule has 0 aliphatic carbocycles. The van der Waals surface area contributed by atoms with E-state index in [1.807, 2.05) is 66.0 Å². The number of nitrogens with one attached hydrogen (secondary N) is 1. The SMILES string of the molecule is O=c1[nH]c(SCCCOc2ccccc2)nc2scc(-c3ccccc3)c12. The van der Waals surface area contributed by atoms with Crippen molar-refractivity contribution in [2.75, 3.05) is 12.4 Å². The number of aromatic amines is 1. The third kappa shape index (κ3) is 4.23. The number of hydrogen-bond acceptors (Lipinski definition) is 5. The highest BCUT2D eigenvalue weighted by Crippen LogP contribution is 2.31. The number of aromatic nitrogens is 2. The van der Waals surface area contributed by atoms with Gasteiger partial charge in [-0.05, 0) is 24.1 Å². The van der Waals surface area contributed by atoms with E-state index in [2.05, 4.69) is 9.97 Å². The quantitative estimate of drug-likeness (QED) is 0.265. The molecule has 136 valence electrons. The van der Waals surface area contributed by atoms with Crippen molar-refractivity contribution in [1.82, 2.24) is 9.97 Å². The molecule has 4 rings (SSSR count). The molecule has 0 saturated heterocycles. The zero-order chi connectivity index (χ0) is 18.5. The second kappa shape index (κ2) is 8.41. The molecule has 0 fully saturated rings. The van der Waals surface area contributed by atoms with Crippen molar-refractivity contribution in [3.63, 3.8) is 0 Å². The fraction of sp³-hybridized carbons (Fsp3) is 0.143. The minimum atomic E-state index is -0.0804. The molecule has 0 radical (unpaired) electrons. The van der Waals surface area contributed by atoms with Crippen LogP contribution < -0.4 is 10.3 Å². The number of para-hydroxylation sites is 1. The minimum Gasteiger partial charge on any atom is -0.494 e. The average Bonchev–Trinajstić information content (AvgIpc) is 3.14. The Morgan fingerprint density at radius 2 is 1.78 bits per heavy atom. The molecule has 0 aliphatic rings. The van der Waals surface area contributed by atoms with Gasteiger partial charge in [-0.1, -0.05) is 60.3 Å². The van der Waals surface area contributed by atoms with E-state index in [-0.39, 0.29) is 5.56 Å². The fourth-order valence-electron chi connectivity index (χ4n) is 2.76. The molecule has 2 aromatic carbocycles. The lowest BCUT2D eigenvalue weighted by Crippen LogP contribution is -2.09. The molecule has 6 heteroatoms. The largest absolute Gasteiger partial charge is 0.494 e. The van der Waals surface area contributed by atoms with Gasteiger partial charge in [0.15, 0.2) is 5.16 Å². The maximum atomic E-state index is 12.6. The Hall–Kier alpha value is -2.57. The smallest absolute Gasteiger partial charge is 0.260 e. The van der Waals surface area contributed by atoms with Gasteiger partial charge in [0.05, 0.1) is 12.0 Å². The Kier molecular flexibility index (Phi) is 5.55. The first-order valence-electron chi connectivity index (χ1n) is 8.69. The van der Waals surface area contributed by atoms with E-state index in [9.17, 15) is 4.79 Å². The van der Waals surface area contributed by atoms with Crippen molar-refractivity contribution in [3.05, 3.63) is 76.4 Å². The maximum absolute atomic E-state index is 12.6. The van der Waals surface area contributed by atoms with Crippen LogP contribution in [0.4, 0.5) is 0 Å².